The van der Waals surface area contributed by atoms with E-state index in [-0.39, 0.29) is 6.09 Å². The molecule has 2 aromatic rings. The van der Waals surface area contributed by atoms with Crippen LogP contribution in [-0.4, -0.2) is 23.1 Å². The Morgan fingerprint density at radius 1 is 1.33 bits per heavy atom. The highest BCUT2D eigenvalue weighted by molar-refractivity contribution is 5.69. The molecule has 5 nitrogen and oxygen atoms in total. The summed E-state index contributed by atoms with van der Waals surface area (Å²) >= 11 is 0. The van der Waals surface area contributed by atoms with Gasteiger partial charge in [-0.15, -0.1) is 0 Å². The van der Waals surface area contributed by atoms with Crippen LogP contribution in [0.5, 0.6) is 0 Å². The predicted octanol–water partition coefficient (Wildman–Crippen LogP) is 4.18. The van der Waals surface area contributed by atoms with Crippen LogP contribution >= 0.6 is 0 Å². The van der Waals surface area contributed by atoms with Crippen molar-refractivity contribution in [1.29, 1.82) is 0 Å². The van der Waals surface area contributed by atoms with Crippen LogP contribution in [-0.2, 0) is 24.2 Å². The predicted molar refractivity (Wildman–Crippen MR) is 92.8 cm³/mol. The summed E-state index contributed by atoms with van der Waals surface area (Å²) in [7, 11) is 0. The first-order valence-corrected chi connectivity index (χ1v) is 8.26. The number of fused-ring (bicyclic) bond motifs is 1. The lowest BCUT2D eigenvalue weighted by atomic mass is 9.98. The summed E-state index contributed by atoms with van der Waals surface area (Å²) in [5.41, 5.74) is 4.12. The van der Waals surface area contributed by atoms with Gasteiger partial charge in [0.25, 0.3) is 0 Å². The fourth-order valence-electron chi connectivity index (χ4n) is 2.82. The van der Waals surface area contributed by atoms with E-state index in [4.69, 9.17) is 9.15 Å². The Balaban J connectivity index is 1.73. The van der Waals surface area contributed by atoms with Gasteiger partial charge in [0.2, 0.25) is 0 Å². The molecule has 0 saturated carbocycles. The normalized spacial score (nSPS) is 14.2. The van der Waals surface area contributed by atoms with Crippen molar-refractivity contribution in [3.63, 3.8) is 0 Å². The van der Waals surface area contributed by atoms with Gasteiger partial charge in [-0.25, -0.2) is 4.79 Å². The molecule has 1 aliphatic heterocycles. The number of carbonyl (C=O) groups excluding carboxylic acids is 1. The van der Waals surface area contributed by atoms with E-state index in [0.29, 0.717) is 19.6 Å². The number of nitrogens with one attached hydrogen (secondary N) is 1. The Labute approximate surface area is 142 Å². The summed E-state index contributed by atoms with van der Waals surface area (Å²) in [6.07, 6.45) is 3.99. The maximum Gasteiger partial charge on any atom is 0.410 e. The summed E-state index contributed by atoms with van der Waals surface area (Å²) in [5, 5.41) is 3.44. The third-order valence-electron chi connectivity index (χ3n) is 3.99. The largest absolute Gasteiger partial charge is 0.472 e. The van der Waals surface area contributed by atoms with Gasteiger partial charge in [0.05, 0.1) is 19.1 Å². The average molecular weight is 328 g/mol. The number of hydrogen-bond acceptors (Lipinski definition) is 4. The Bertz CT molecular complexity index is 702. The zero-order valence-corrected chi connectivity index (χ0v) is 14.5. The molecule has 0 bridgehead atoms. The lowest BCUT2D eigenvalue weighted by molar-refractivity contribution is 0.0224. The second-order valence-corrected chi connectivity index (χ2v) is 7.08. The van der Waals surface area contributed by atoms with E-state index in [1.165, 1.54) is 5.56 Å². The van der Waals surface area contributed by atoms with Crippen molar-refractivity contribution in [2.24, 2.45) is 0 Å². The van der Waals surface area contributed by atoms with Crippen LogP contribution in [0.15, 0.2) is 41.2 Å². The summed E-state index contributed by atoms with van der Waals surface area (Å²) in [6, 6.07) is 8.18. The van der Waals surface area contributed by atoms with Gasteiger partial charge in [0, 0.05) is 24.3 Å². The van der Waals surface area contributed by atoms with E-state index >= 15 is 0 Å². The van der Waals surface area contributed by atoms with E-state index in [9.17, 15) is 4.79 Å². The van der Waals surface area contributed by atoms with Crippen LogP contribution in [0.1, 0.15) is 37.5 Å². The molecule has 1 aromatic carbocycles. The van der Waals surface area contributed by atoms with Crippen molar-refractivity contribution >= 4 is 11.8 Å². The van der Waals surface area contributed by atoms with Crippen LogP contribution in [0, 0.1) is 0 Å². The number of amides is 1. The maximum absolute atomic E-state index is 12.4. The van der Waals surface area contributed by atoms with Gasteiger partial charge in [0.1, 0.15) is 5.60 Å². The molecule has 1 aliphatic rings. The Hall–Kier alpha value is -2.43. The topological polar surface area (TPSA) is 54.7 Å². The SMILES string of the molecule is CC(C)(C)OC(=O)N1CCc2cccc(NCc3ccoc3)c2C1. The third kappa shape index (κ3) is 3.91. The second-order valence-electron chi connectivity index (χ2n) is 7.08. The van der Waals surface area contributed by atoms with Crippen molar-refractivity contribution in [1.82, 2.24) is 4.90 Å². The zero-order chi connectivity index (χ0) is 17.2. The number of anilines is 1. The molecule has 1 aromatic heterocycles. The highest BCUT2D eigenvalue weighted by Gasteiger charge is 2.26. The summed E-state index contributed by atoms with van der Waals surface area (Å²) in [4.78, 5) is 14.1. The zero-order valence-electron chi connectivity index (χ0n) is 14.5. The Morgan fingerprint density at radius 3 is 2.88 bits per heavy atom. The molecular weight excluding hydrogens is 304 g/mol. The highest BCUT2D eigenvalue weighted by Crippen LogP contribution is 2.27. The summed E-state index contributed by atoms with van der Waals surface area (Å²) in [6.45, 7) is 7.62. The highest BCUT2D eigenvalue weighted by atomic mass is 16.6. The van der Waals surface area contributed by atoms with Crippen LogP contribution in [0.2, 0.25) is 0 Å². The molecule has 5 heteroatoms. The molecule has 0 aliphatic carbocycles. The number of carbonyl (C=O) groups is 1. The fraction of sp³-hybridized carbons (Fsp3) is 0.421. The van der Waals surface area contributed by atoms with Gasteiger partial charge >= 0.3 is 6.09 Å². The third-order valence-corrected chi connectivity index (χ3v) is 3.99. The second kappa shape index (κ2) is 6.59. The molecule has 1 N–H and O–H groups in total. The van der Waals surface area contributed by atoms with Crippen LogP contribution in [0.3, 0.4) is 0 Å². The molecule has 0 spiro atoms. The number of nitrogens with zero attached hydrogens (tertiary/aromatic N) is 1. The van der Waals surface area contributed by atoms with Gasteiger partial charge < -0.3 is 19.4 Å². The molecule has 24 heavy (non-hydrogen) atoms. The van der Waals surface area contributed by atoms with Crippen molar-refractivity contribution in [3.8, 4) is 0 Å². The van der Waals surface area contributed by atoms with E-state index < -0.39 is 5.60 Å². The first-order valence-electron chi connectivity index (χ1n) is 8.26. The molecule has 0 fully saturated rings. The van der Waals surface area contributed by atoms with Gasteiger partial charge in [0.15, 0.2) is 0 Å². The van der Waals surface area contributed by atoms with E-state index in [1.54, 1.807) is 17.4 Å². The molecule has 128 valence electrons. The molecule has 2 heterocycles. The minimum atomic E-state index is -0.476. The van der Waals surface area contributed by atoms with Crippen molar-refractivity contribution < 1.29 is 13.9 Å². The molecule has 0 radical (unpaired) electrons. The van der Waals surface area contributed by atoms with Crippen LogP contribution in [0.4, 0.5) is 10.5 Å². The smallest absolute Gasteiger partial charge is 0.410 e. The van der Waals surface area contributed by atoms with Crippen LogP contribution < -0.4 is 5.32 Å². The molecule has 0 saturated heterocycles. The fourth-order valence-corrected chi connectivity index (χ4v) is 2.82. The quantitative estimate of drug-likeness (QED) is 0.918. The van der Waals surface area contributed by atoms with E-state index in [0.717, 1.165) is 23.2 Å². The van der Waals surface area contributed by atoms with Crippen molar-refractivity contribution in [2.75, 3.05) is 11.9 Å². The molecular formula is C19H24N2O3. The number of ether oxygens (including phenoxy) is 1. The van der Waals surface area contributed by atoms with Crippen molar-refractivity contribution in [3.05, 3.63) is 53.5 Å². The van der Waals surface area contributed by atoms with E-state index in [2.05, 4.69) is 23.5 Å². The molecule has 1 amide bonds. The summed E-state index contributed by atoms with van der Waals surface area (Å²) in [5.74, 6) is 0. The van der Waals surface area contributed by atoms with E-state index in [1.807, 2.05) is 26.8 Å². The molecule has 3 rings (SSSR count). The maximum atomic E-state index is 12.4. The van der Waals surface area contributed by atoms with Gasteiger partial charge in [-0.2, -0.15) is 0 Å². The van der Waals surface area contributed by atoms with Gasteiger partial charge in [-0.05, 0) is 50.5 Å². The molecule has 0 atom stereocenters. The molecule has 0 unspecified atom stereocenters. The average Bonchev–Trinajstić information content (AvgIpc) is 3.04. The number of hydrogen-bond donors (Lipinski definition) is 1. The van der Waals surface area contributed by atoms with Gasteiger partial charge in [-0.3, -0.25) is 0 Å². The minimum Gasteiger partial charge on any atom is -0.472 e. The number of benzene rings is 1. The number of rotatable bonds is 3. The van der Waals surface area contributed by atoms with Crippen LogP contribution in [0.25, 0.3) is 0 Å². The lowest BCUT2D eigenvalue weighted by Gasteiger charge is -2.32. The van der Waals surface area contributed by atoms with Gasteiger partial charge in [-0.1, -0.05) is 12.1 Å². The Morgan fingerprint density at radius 2 is 2.17 bits per heavy atom. The minimum absolute atomic E-state index is 0.252. The first kappa shape index (κ1) is 16.4. The Kier molecular flexibility index (Phi) is 4.51. The first-order chi connectivity index (χ1) is 11.4. The standard InChI is InChI=1S/C19H24N2O3/c1-19(2,3)24-18(22)21-9-7-15-5-4-6-17(16(15)12-21)20-11-14-8-10-23-13-14/h4-6,8,10,13,20H,7,9,11-12H2,1-3H3. The lowest BCUT2D eigenvalue weighted by Crippen LogP contribution is -2.40. The number of furan rings is 1. The summed E-state index contributed by atoms with van der Waals surface area (Å²) < 4.78 is 10.6. The monoisotopic (exact) mass is 328 g/mol. The van der Waals surface area contributed by atoms with Crippen molar-refractivity contribution in [2.45, 2.75) is 45.9 Å².